The molecule has 1 aromatic carbocycles. The van der Waals surface area contributed by atoms with Gasteiger partial charge in [0.05, 0.1) is 22.5 Å². The van der Waals surface area contributed by atoms with E-state index in [1.165, 1.54) is 0 Å². The summed E-state index contributed by atoms with van der Waals surface area (Å²) < 4.78 is 2.74. The summed E-state index contributed by atoms with van der Waals surface area (Å²) in [5.41, 5.74) is 1.92. The Morgan fingerprint density at radius 2 is 2.13 bits per heavy atom. The molecule has 6 rings (SSSR count). The lowest BCUT2D eigenvalue weighted by molar-refractivity contribution is 0.454. The number of fused-ring (bicyclic) bond motifs is 2. The molecule has 1 aliphatic rings. The molecule has 0 atom stereocenters. The molecule has 0 spiro atoms. The first kappa shape index (κ1) is 17.8. The van der Waals surface area contributed by atoms with E-state index in [-0.39, 0.29) is 11.6 Å². The lowest BCUT2D eigenvalue weighted by atomic mass is 10.3. The third kappa shape index (κ3) is 3.34. The Labute approximate surface area is 177 Å². The number of nitrogens with one attached hydrogen (secondary N) is 3. The van der Waals surface area contributed by atoms with Crippen LogP contribution >= 0.6 is 11.3 Å². The summed E-state index contributed by atoms with van der Waals surface area (Å²) in [5.74, 6) is 0.351. The fraction of sp³-hybridized carbons (Fsp3) is 0.150. The van der Waals surface area contributed by atoms with Crippen LogP contribution in [0.25, 0.3) is 21.9 Å². The van der Waals surface area contributed by atoms with Crippen molar-refractivity contribution < 1.29 is 5.11 Å². The number of aromatic nitrogens is 6. The van der Waals surface area contributed by atoms with Gasteiger partial charge in [-0.2, -0.15) is 9.61 Å². The maximum absolute atomic E-state index is 11.5. The van der Waals surface area contributed by atoms with Gasteiger partial charge in [-0.1, -0.05) is 23.5 Å². The Morgan fingerprint density at radius 3 is 2.90 bits per heavy atom. The van der Waals surface area contributed by atoms with Crippen LogP contribution in [0.3, 0.4) is 0 Å². The van der Waals surface area contributed by atoms with Gasteiger partial charge in [0.25, 0.3) is 0 Å². The number of rotatable bonds is 4. The van der Waals surface area contributed by atoms with Gasteiger partial charge in [-0.05, 0) is 31.1 Å². The summed E-state index contributed by atoms with van der Waals surface area (Å²) in [6, 6.07) is 10.1. The molecule has 0 unspecified atom stereocenters. The van der Waals surface area contributed by atoms with Crippen LogP contribution in [0, 0.1) is 0 Å². The van der Waals surface area contributed by atoms with Crippen molar-refractivity contribution in [3.05, 3.63) is 63.4 Å². The predicted molar refractivity (Wildman–Crippen MR) is 116 cm³/mol. The van der Waals surface area contributed by atoms with Crippen LogP contribution in [-0.2, 0) is 0 Å². The van der Waals surface area contributed by atoms with Crippen LogP contribution in [0.1, 0.15) is 18.5 Å². The van der Waals surface area contributed by atoms with Gasteiger partial charge in [0.15, 0.2) is 16.3 Å². The molecule has 1 aliphatic carbocycles. The maximum Gasteiger partial charge on any atom is 0.326 e. The molecule has 0 amide bonds. The van der Waals surface area contributed by atoms with Crippen LogP contribution in [0.15, 0.2) is 46.3 Å². The van der Waals surface area contributed by atoms with E-state index in [1.54, 1.807) is 28.1 Å². The Kier molecular flexibility index (Phi) is 3.90. The highest BCUT2D eigenvalue weighted by molar-refractivity contribution is 7.22. The number of anilines is 2. The Bertz CT molecular complexity index is 1590. The van der Waals surface area contributed by atoms with Gasteiger partial charge in [0, 0.05) is 11.3 Å². The van der Waals surface area contributed by atoms with Crippen LogP contribution in [0.4, 0.5) is 10.9 Å². The first-order valence-electron chi connectivity index (χ1n) is 9.70. The van der Waals surface area contributed by atoms with Crippen molar-refractivity contribution in [2.75, 3.05) is 5.32 Å². The van der Waals surface area contributed by atoms with E-state index in [4.69, 9.17) is 9.98 Å². The van der Waals surface area contributed by atoms with Crippen molar-refractivity contribution in [3.8, 4) is 5.88 Å². The van der Waals surface area contributed by atoms with Gasteiger partial charge in [-0.15, -0.1) is 0 Å². The highest BCUT2D eigenvalue weighted by Gasteiger charge is 2.20. The summed E-state index contributed by atoms with van der Waals surface area (Å²) in [6.45, 7) is 0. The van der Waals surface area contributed by atoms with Crippen LogP contribution in [0.2, 0.25) is 0 Å². The zero-order valence-electron chi connectivity index (χ0n) is 16.0. The zero-order chi connectivity index (χ0) is 20.9. The number of thiazole rings is 1. The third-order valence-electron chi connectivity index (χ3n) is 4.91. The maximum atomic E-state index is 11.5. The molecule has 5 aromatic rings. The van der Waals surface area contributed by atoms with E-state index in [0.29, 0.717) is 28.2 Å². The Balaban J connectivity index is 1.51. The molecule has 0 saturated heterocycles. The van der Waals surface area contributed by atoms with Gasteiger partial charge in [0.2, 0.25) is 5.88 Å². The summed E-state index contributed by atoms with van der Waals surface area (Å²) >= 11 is 1.54. The van der Waals surface area contributed by atoms with Crippen molar-refractivity contribution in [2.45, 2.75) is 18.9 Å². The second-order valence-electron chi connectivity index (χ2n) is 7.29. The number of hydrogen-bond acceptors (Lipinski definition) is 8. The van der Waals surface area contributed by atoms with Gasteiger partial charge in [0.1, 0.15) is 11.5 Å². The quantitative estimate of drug-likeness (QED) is 0.339. The minimum Gasteiger partial charge on any atom is -0.493 e. The number of H-pyrrole nitrogens is 2. The van der Waals surface area contributed by atoms with E-state index in [9.17, 15) is 9.90 Å². The van der Waals surface area contributed by atoms with Crippen molar-refractivity contribution in [1.82, 2.24) is 29.5 Å². The summed E-state index contributed by atoms with van der Waals surface area (Å²) in [5, 5.41) is 19.0. The monoisotopic (exact) mass is 432 g/mol. The van der Waals surface area contributed by atoms with Crippen molar-refractivity contribution in [1.29, 1.82) is 0 Å². The van der Waals surface area contributed by atoms with Crippen LogP contribution in [0.5, 0.6) is 5.88 Å². The molecule has 11 heteroatoms. The fourth-order valence-corrected chi connectivity index (χ4v) is 4.17. The minimum atomic E-state index is -0.490. The van der Waals surface area contributed by atoms with E-state index < -0.39 is 5.69 Å². The molecule has 0 radical (unpaired) electrons. The topological polar surface area (TPSA) is 136 Å². The number of aromatic amines is 2. The lowest BCUT2D eigenvalue weighted by Crippen LogP contribution is -2.19. The standard InChI is InChI=1S/C20H16N8O2S/c29-18-13(23-19(30)27-18)7-10-9-21-28-16(22-11-5-6-11)8-15(25-17(10)28)26-20-24-12-3-1-2-4-14(12)31-20/h1-4,7-9,11,29H,5-6H2,(H,24,26)(H2,23,27,30). The number of hydrogen-bond donors (Lipinski definition) is 4. The molecular weight excluding hydrogens is 416 g/mol. The van der Waals surface area contributed by atoms with E-state index >= 15 is 0 Å². The molecule has 31 heavy (non-hydrogen) atoms. The van der Waals surface area contributed by atoms with Gasteiger partial charge < -0.3 is 15.4 Å². The number of aromatic hydroxyl groups is 1. The molecule has 0 aliphatic heterocycles. The van der Waals surface area contributed by atoms with Crippen LogP contribution in [-0.4, -0.2) is 40.7 Å². The second-order valence-corrected chi connectivity index (χ2v) is 8.32. The number of nitrogens with zero attached hydrogens (tertiary/aromatic N) is 5. The second kappa shape index (κ2) is 6.77. The highest BCUT2D eigenvalue weighted by Crippen LogP contribution is 2.27. The van der Waals surface area contributed by atoms with Gasteiger partial charge in [-0.3, -0.25) is 9.98 Å². The lowest BCUT2D eigenvalue weighted by Gasteiger charge is -2.03. The summed E-state index contributed by atoms with van der Waals surface area (Å²) in [7, 11) is 0. The SMILES string of the molecule is O=c1[nH]c(O)c(C=c2cnn3c(=NC4CC4)cc(Nc4nc5ccccc5s4)nc23)[nH]1. The molecule has 10 nitrogen and oxygen atoms in total. The zero-order valence-corrected chi connectivity index (χ0v) is 16.8. The molecular formula is C20H16N8O2S. The molecule has 4 heterocycles. The third-order valence-corrected chi connectivity index (χ3v) is 5.86. The first-order chi connectivity index (χ1) is 15.1. The first-order valence-corrected chi connectivity index (χ1v) is 10.5. The normalized spacial score (nSPS) is 15.4. The summed E-state index contributed by atoms with van der Waals surface area (Å²) in [4.78, 5) is 30.4. The predicted octanol–water partition coefficient (Wildman–Crippen LogP) is 1.42. The molecule has 154 valence electrons. The minimum absolute atomic E-state index is 0.240. The largest absolute Gasteiger partial charge is 0.493 e. The van der Waals surface area contributed by atoms with Gasteiger partial charge >= 0.3 is 5.69 Å². The molecule has 4 N–H and O–H groups in total. The Morgan fingerprint density at radius 1 is 1.26 bits per heavy atom. The van der Waals surface area contributed by atoms with E-state index in [2.05, 4.69) is 25.4 Å². The summed E-state index contributed by atoms with van der Waals surface area (Å²) in [6.07, 6.45) is 5.36. The average Bonchev–Trinajstić information content (AvgIpc) is 3.18. The molecule has 4 aromatic heterocycles. The number of benzene rings is 1. The van der Waals surface area contributed by atoms with Crippen molar-refractivity contribution in [2.24, 2.45) is 4.99 Å². The fourth-order valence-electron chi connectivity index (χ4n) is 3.30. The van der Waals surface area contributed by atoms with E-state index in [1.807, 2.05) is 30.3 Å². The van der Waals surface area contributed by atoms with Crippen molar-refractivity contribution in [3.63, 3.8) is 0 Å². The molecule has 1 fully saturated rings. The van der Waals surface area contributed by atoms with E-state index in [0.717, 1.165) is 28.2 Å². The highest BCUT2D eigenvalue weighted by atomic mass is 32.1. The molecule has 0 bridgehead atoms. The number of para-hydroxylation sites is 1. The van der Waals surface area contributed by atoms with Crippen LogP contribution < -0.4 is 21.7 Å². The van der Waals surface area contributed by atoms with Crippen molar-refractivity contribution >= 4 is 44.2 Å². The average molecular weight is 432 g/mol. The molecule has 1 saturated carbocycles. The van der Waals surface area contributed by atoms with Gasteiger partial charge in [-0.25, -0.2) is 14.8 Å². The number of imidazole rings is 1. The smallest absolute Gasteiger partial charge is 0.326 e. The Hall–Kier alpha value is -3.99.